The lowest BCUT2D eigenvalue weighted by molar-refractivity contribution is -0.0441. The number of benzene rings is 1. The molecular formula is C13H14O2S. The number of rotatable bonds is 2. The molecule has 2 rings (SSSR count). The van der Waals surface area contributed by atoms with E-state index >= 15 is 0 Å². The Morgan fingerprint density at radius 1 is 1.19 bits per heavy atom. The molecule has 0 amide bonds. The van der Waals surface area contributed by atoms with Crippen LogP contribution in [0.25, 0.3) is 0 Å². The predicted octanol–water partition coefficient (Wildman–Crippen LogP) is 2.40. The molecule has 1 aromatic carbocycles. The van der Waals surface area contributed by atoms with Crippen molar-refractivity contribution in [1.29, 1.82) is 0 Å². The topological polar surface area (TPSA) is 18.5 Å². The minimum Gasteiger partial charge on any atom is -0.346 e. The molecule has 0 aromatic heterocycles. The second kappa shape index (κ2) is 5.95. The lowest BCUT2D eigenvalue weighted by Gasteiger charge is -2.08. The Labute approximate surface area is 101 Å². The normalized spacial score (nSPS) is 15.8. The van der Waals surface area contributed by atoms with E-state index in [-0.39, 0.29) is 6.29 Å². The van der Waals surface area contributed by atoms with Crippen molar-refractivity contribution < 1.29 is 9.47 Å². The largest absolute Gasteiger partial charge is 0.346 e. The van der Waals surface area contributed by atoms with E-state index in [2.05, 4.69) is 24.5 Å². The zero-order valence-corrected chi connectivity index (χ0v) is 9.87. The average molecular weight is 234 g/mol. The molecule has 16 heavy (non-hydrogen) atoms. The van der Waals surface area contributed by atoms with Gasteiger partial charge >= 0.3 is 0 Å². The fourth-order valence-electron chi connectivity index (χ4n) is 1.49. The summed E-state index contributed by atoms with van der Waals surface area (Å²) < 4.78 is 10.8. The van der Waals surface area contributed by atoms with Gasteiger partial charge in [-0.15, -0.1) is 0 Å². The molecule has 1 fully saturated rings. The smallest absolute Gasteiger partial charge is 0.184 e. The summed E-state index contributed by atoms with van der Waals surface area (Å²) in [6.07, 6.45) is 0.624. The fraction of sp³-hybridized carbons (Fsp3) is 0.385. The summed E-state index contributed by atoms with van der Waals surface area (Å²) in [6, 6.07) is 7.99. The quantitative estimate of drug-likeness (QED) is 0.625. The first-order chi connectivity index (χ1) is 7.90. The van der Waals surface area contributed by atoms with Gasteiger partial charge in [0.25, 0.3) is 0 Å². The van der Waals surface area contributed by atoms with Crippen LogP contribution in [-0.4, -0.2) is 19.0 Å². The fourth-order valence-corrected chi connectivity index (χ4v) is 1.61. The van der Waals surface area contributed by atoms with Gasteiger partial charge in [-0.25, -0.2) is 0 Å². The van der Waals surface area contributed by atoms with Crippen molar-refractivity contribution in [3.63, 3.8) is 0 Å². The predicted molar refractivity (Wildman–Crippen MR) is 66.4 cm³/mol. The van der Waals surface area contributed by atoms with E-state index in [1.165, 1.54) is 0 Å². The van der Waals surface area contributed by atoms with Gasteiger partial charge < -0.3 is 9.47 Å². The molecule has 0 atom stereocenters. The molecule has 1 aliphatic rings. The van der Waals surface area contributed by atoms with Crippen LogP contribution in [0.4, 0.5) is 0 Å². The minimum atomic E-state index is -0.195. The van der Waals surface area contributed by atoms with E-state index in [1.807, 2.05) is 24.3 Å². The second-order valence-corrected chi connectivity index (χ2v) is 3.92. The maximum atomic E-state index is 5.41. The Morgan fingerprint density at radius 3 is 2.50 bits per heavy atom. The van der Waals surface area contributed by atoms with E-state index < -0.39 is 0 Å². The van der Waals surface area contributed by atoms with Gasteiger partial charge in [-0.05, 0) is 12.1 Å². The van der Waals surface area contributed by atoms with E-state index in [4.69, 9.17) is 9.47 Å². The minimum absolute atomic E-state index is 0.195. The second-order valence-electron chi connectivity index (χ2n) is 3.47. The molecule has 0 bridgehead atoms. The first-order valence-corrected chi connectivity index (χ1v) is 5.96. The summed E-state index contributed by atoms with van der Waals surface area (Å²) >= 11 is 4.11. The Bertz CT molecular complexity index is 383. The number of thiol groups is 1. The molecular weight excluding hydrogens is 220 g/mol. The Kier molecular flexibility index (Phi) is 4.29. The monoisotopic (exact) mass is 234 g/mol. The third kappa shape index (κ3) is 3.02. The van der Waals surface area contributed by atoms with Crippen LogP contribution in [0.1, 0.15) is 23.8 Å². The van der Waals surface area contributed by atoms with Crippen molar-refractivity contribution >= 4 is 12.6 Å². The summed E-state index contributed by atoms with van der Waals surface area (Å²) in [5, 5.41) is 0. The summed E-state index contributed by atoms with van der Waals surface area (Å²) in [6.45, 7) is 1.35. The molecule has 0 unspecified atom stereocenters. The van der Waals surface area contributed by atoms with Gasteiger partial charge in [-0.1, -0.05) is 24.0 Å². The summed E-state index contributed by atoms with van der Waals surface area (Å²) in [7, 11) is 0. The molecule has 0 radical (unpaired) electrons. The van der Waals surface area contributed by atoms with Crippen LogP contribution in [0.3, 0.4) is 0 Å². The van der Waals surface area contributed by atoms with Crippen molar-refractivity contribution in [3.8, 4) is 11.8 Å². The molecule has 0 N–H and O–H groups in total. The van der Waals surface area contributed by atoms with Crippen molar-refractivity contribution in [1.82, 2.24) is 0 Å². The highest BCUT2D eigenvalue weighted by molar-refractivity contribution is 7.80. The van der Waals surface area contributed by atoms with Crippen LogP contribution < -0.4 is 0 Å². The van der Waals surface area contributed by atoms with Gasteiger partial charge in [0.05, 0.1) is 13.2 Å². The van der Waals surface area contributed by atoms with Crippen LogP contribution in [0, 0.1) is 11.8 Å². The van der Waals surface area contributed by atoms with E-state index in [0.29, 0.717) is 13.2 Å². The molecule has 1 heterocycles. The molecule has 1 aromatic rings. The van der Waals surface area contributed by atoms with Gasteiger partial charge in [-0.2, -0.15) is 12.6 Å². The van der Waals surface area contributed by atoms with E-state index in [1.54, 1.807) is 0 Å². The van der Waals surface area contributed by atoms with Crippen LogP contribution in [0.2, 0.25) is 0 Å². The molecule has 84 valence electrons. The van der Waals surface area contributed by atoms with Gasteiger partial charge in [-0.3, -0.25) is 0 Å². The molecule has 0 spiro atoms. The highest BCUT2D eigenvalue weighted by Crippen LogP contribution is 2.22. The molecule has 1 saturated heterocycles. The maximum Gasteiger partial charge on any atom is 0.184 e. The highest BCUT2D eigenvalue weighted by atomic mass is 32.1. The van der Waals surface area contributed by atoms with Crippen LogP contribution in [0.5, 0.6) is 0 Å². The summed E-state index contributed by atoms with van der Waals surface area (Å²) in [5.74, 6) is 6.93. The van der Waals surface area contributed by atoms with Crippen LogP contribution >= 0.6 is 12.6 Å². The number of ether oxygens (including phenoxy) is 2. The van der Waals surface area contributed by atoms with Crippen molar-refractivity contribution in [3.05, 3.63) is 35.4 Å². The standard InChI is InChI=1S/C13H14O2S/c16-10-2-1-3-11-4-6-12(7-5-11)13-14-8-9-15-13/h4-7,13,16H,2,8-10H2. The first-order valence-electron chi connectivity index (χ1n) is 5.33. The summed E-state index contributed by atoms with van der Waals surface area (Å²) in [5.41, 5.74) is 2.07. The van der Waals surface area contributed by atoms with Gasteiger partial charge in [0, 0.05) is 23.3 Å². The zero-order valence-electron chi connectivity index (χ0n) is 8.98. The molecule has 3 heteroatoms. The summed E-state index contributed by atoms with van der Waals surface area (Å²) in [4.78, 5) is 0. The van der Waals surface area contributed by atoms with Crippen molar-refractivity contribution in [2.24, 2.45) is 0 Å². The van der Waals surface area contributed by atoms with Crippen LogP contribution in [-0.2, 0) is 9.47 Å². The average Bonchev–Trinajstić information content (AvgIpc) is 2.84. The molecule has 0 saturated carbocycles. The van der Waals surface area contributed by atoms with E-state index in [0.717, 1.165) is 23.3 Å². The van der Waals surface area contributed by atoms with Crippen molar-refractivity contribution in [2.75, 3.05) is 19.0 Å². The Hall–Kier alpha value is -0.950. The first kappa shape index (κ1) is 11.5. The number of hydrogen-bond acceptors (Lipinski definition) is 3. The Balaban J connectivity index is 2.02. The Morgan fingerprint density at radius 2 is 1.88 bits per heavy atom. The third-order valence-electron chi connectivity index (χ3n) is 2.27. The van der Waals surface area contributed by atoms with Gasteiger partial charge in [0.2, 0.25) is 0 Å². The lowest BCUT2D eigenvalue weighted by atomic mass is 10.1. The van der Waals surface area contributed by atoms with Gasteiger partial charge in [0.15, 0.2) is 6.29 Å². The molecule has 2 nitrogen and oxygen atoms in total. The van der Waals surface area contributed by atoms with Crippen molar-refractivity contribution in [2.45, 2.75) is 12.7 Å². The SMILES string of the molecule is SCCC#Cc1ccc(C2OCCO2)cc1. The number of hydrogen-bond donors (Lipinski definition) is 1. The lowest BCUT2D eigenvalue weighted by Crippen LogP contribution is -1.97. The van der Waals surface area contributed by atoms with Crippen LogP contribution in [0.15, 0.2) is 24.3 Å². The zero-order chi connectivity index (χ0) is 11.2. The van der Waals surface area contributed by atoms with E-state index in [9.17, 15) is 0 Å². The highest BCUT2D eigenvalue weighted by Gasteiger charge is 2.17. The molecule has 1 aliphatic heterocycles. The maximum absolute atomic E-state index is 5.41. The molecule has 0 aliphatic carbocycles. The third-order valence-corrected chi connectivity index (χ3v) is 2.50. The van der Waals surface area contributed by atoms with Gasteiger partial charge in [0.1, 0.15) is 0 Å².